The number of nitro groups is 1. The molecule has 154 valence electrons. The van der Waals surface area contributed by atoms with Crippen LogP contribution in [0.15, 0.2) is 4.47 Å². The molecular formula is C19H27BrN2O5Si. The molecule has 0 bridgehead atoms. The van der Waals surface area contributed by atoms with Crippen molar-refractivity contribution in [3.05, 3.63) is 31.3 Å². The minimum atomic E-state index is -1.79. The summed E-state index contributed by atoms with van der Waals surface area (Å²) in [5.41, 5.74) is 9.04. The highest BCUT2D eigenvalue weighted by Gasteiger charge is 2.36. The first-order valence-corrected chi connectivity index (χ1v) is 12.9. The lowest BCUT2D eigenvalue weighted by Gasteiger charge is -2.28. The predicted octanol–water partition coefficient (Wildman–Crippen LogP) is 4.51. The number of ether oxygens (including phenoxy) is 2. The van der Waals surface area contributed by atoms with Crippen LogP contribution in [0.1, 0.15) is 43.6 Å². The number of methoxy groups -OCH3 is 1. The van der Waals surface area contributed by atoms with Gasteiger partial charge < -0.3 is 15.2 Å². The molecule has 2 N–H and O–H groups in total. The average molecular weight is 471 g/mol. The second kappa shape index (κ2) is 8.63. The number of anilines is 1. The van der Waals surface area contributed by atoms with E-state index in [0.717, 1.165) is 0 Å². The van der Waals surface area contributed by atoms with Gasteiger partial charge in [-0.3, -0.25) is 10.1 Å². The Balaban J connectivity index is 3.95. The van der Waals surface area contributed by atoms with Crippen LogP contribution in [0.25, 0.3) is 0 Å². The number of halogens is 1. The van der Waals surface area contributed by atoms with Gasteiger partial charge in [0.1, 0.15) is 13.8 Å². The van der Waals surface area contributed by atoms with Crippen LogP contribution in [0.2, 0.25) is 19.6 Å². The Morgan fingerprint density at radius 2 is 1.86 bits per heavy atom. The smallest absolute Gasteiger partial charge is 0.339 e. The van der Waals surface area contributed by atoms with E-state index in [9.17, 15) is 14.9 Å². The first kappa shape index (κ1) is 24.1. The number of hydrogen-bond donors (Lipinski definition) is 1. The number of nitrogen functional groups attached to an aromatic ring is 1. The van der Waals surface area contributed by atoms with Gasteiger partial charge in [0.25, 0.3) is 5.69 Å². The summed E-state index contributed by atoms with van der Waals surface area (Å²) in [5, 5.41) is 11.7. The summed E-state index contributed by atoms with van der Waals surface area (Å²) in [6.45, 7) is 13.0. The highest BCUT2D eigenvalue weighted by atomic mass is 79.9. The third kappa shape index (κ3) is 5.80. The van der Waals surface area contributed by atoms with Crippen LogP contribution in [0.5, 0.6) is 0 Å². The van der Waals surface area contributed by atoms with E-state index >= 15 is 0 Å². The highest BCUT2D eigenvalue weighted by molar-refractivity contribution is 9.10. The molecule has 0 spiro atoms. The molecule has 0 aromatic heterocycles. The van der Waals surface area contributed by atoms with Crippen molar-refractivity contribution in [1.82, 2.24) is 0 Å². The average Bonchev–Trinajstić information content (AvgIpc) is 2.50. The van der Waals surface area contributed by atoms with Crippen molar-refractivity contribution < 1.29 is 19.2 Å². The van der Waals surface area contributed by atoms with Crippen LogP contribution in [-0.2, 0) is 14.3 Å². The van der Waals surface area contributed by atoms with Crippen LogP contribution in [0, 0.1) is 28.5 Å². The van der Waals surface area contributed by atoms with Gasteiger partial charge in [-0.15, -0.1) is 5.54 Å². The molecule has 1 aromatic rings. The summed E-state index contributed by atoms with van der Waals surface area (Å²) in [4.78, 5) is 23.6. The Hall–Kier alpha value is -1.89. The van der Waals surface area contributed by atoms with Gasteiger partial charge in [0, 0.05) is 15.6 Å². The van der Waals surface area contributed by atoms with Crippen LogP contribution < -0.4 is 5.73 Å². The van der Waals surface area contributed by atoms with Crippen LogP contribution in [-0.4, -0.2) is 31.7 Å². The lowest BCUT2D eigenvalue weighted by atomic mass is 9.96. The number of carbonyl (C=O) groups excluding carboxylic acids is 1. The zero-order valence-electron chi connectivity index (χ0n) is 17.5. The van der Waals surface area contributed by atoms with Crippen molar-refractivity contribution in [3.63, 3.8) is 0 Å². The van der Waals surface area contributed by atoms with E-state index in [2.05, 4.69) is 27.4 Å². The van der Waals surface area contributed by atoms with E-state index in [1.54, 1.807) is 20.8 Å². The van der Waals surface area contributed by atoms with E-state index in [4.69, 9.17) is 15.2 Å². The largest absolute Gasteiger partial charge is 0.467 e. The number of esters is 1. The summed E-state index contributed by atoms with van der Waals surface area (Å²) in [6, 6.07) is 0. The fraction of sp³-hybridized carbons (Fsp3) is 0.526. The highest BCUT2D eigenvalue weighted by Crippen LogP contribution is 2.43. The molecule has 0 aliphatic heterocycles. The van der Waals surface area contributed by atoms with Crippen molar-refractivity contribution in [1.29, 1.82) is 0 Å². The van der Waals surface area contributed by atoms with Crippen molar-refractivity contribution in [3.8, 4) is 11.5 Å². The Morgan fingerprint density at radius 1 is 1.32 bits per heavy atom. The number of nitrogens with zero attached hydrogens (tertiary/aromatic N) is 1. The van der Waals surface area contributed by atoms with Crippen LogP contribution in [0.4, 0.5) is 11.4 Å². The number of hydrogen-bond acceptors (Lipinski definition) is 6. The first-order chi connectivity index (χ1) is 12.6. The standard InChI is InChI=1S/C19H27BrN2O5Si/c1-11-13(17(18(23)26-5)27-19(2,3)4)14(20)12(9-10-28(6,7)8)15(21)16(11)22(24)25/h17H,21H2,1-8H3/t17-/m0/s1. The fourth-order valence-electron chi connectivity index (χ4n) is 2.47. The molecule has 0 radical (unpaired) electrons. The van der Waals surface area contributed by atoms with Gasteiger partial charge >= 0.3 is 5.97 Å². The van der Waals surface area contributed by atoms with Crippen molar-refractivity contribution in [2.24, 2.45) is 0 Å². The van der Waals surface area contributed by atoms with E-state index in [-0.39, 0.29) is 22.5 Å². The van der Waals surface area contributed by atoms with Gasteiger partial charge in [-0.2, -0.15) is 0 Å². The molecule has 0 saturated carbocycles. The van der Waals surface area contributed by atoms with Gasteiger partial charge in [0.2, 0.25) is 0 Å². The Kier molecular flexibility index (Phi) is 7.45. The molecular weight excluding hydrogens is 444 g/mol. The Bertz CT molecular complexity index is 861. The summed E-state index contributed by atoms with van der Waals surface area (Å²) in [6.07, 6.45) is -1.17. The van der Waals surface area contributed by atoms with E-state index in [1.165, 1.54) is 14.0 Å². The van der Waals surface area contributed by atoms with Gasteiger partial charge in [-0.25, -0.2) is 4.79 Å². The molecule has 0 saturated heterocycles. The van der Waals surface area contributed by atoms with Crippen molar-refractivity contribution >= 4 is 41.3 Å². The number of nitro benzene ring substituents is 1. The minimum Gasteiger partial charge on any atom is -0.467 e. The second-order valence-electron chi connectivity index (χ2n) is 8.38. The van der Waals surface area contributed by atoms with Gasteiger partial charge in [-0.05, 0) is 43.6 Å². The van der Waals surface area contributed by atoms with Gasteiger partial charge in [0.15, 0.2) is 6.10 Å². The zero-order chi connectivity index (χ0) is 22.0. The Morgan fingerprint density at radius 3 is 2.25 bits per heavy atom. The SMILES string of the molecule is COC(=O)[C@@H](OC(C)(C)C)c1c(C)c([N+](=O)[O-])c(N)c(C#C[Si](C)(C)C)c1Br. The molecule has 7 nitrogen and oxygen atoms in total. The third-order valence-corrected chi connectivity index (χ3v) is 5.33. The minimum absolute atomic E-state index is 0.0387. The molecule has 0 amide bonds. The van der Waals surface area contributed by atoms with E-state index in [0.29, 0.717) is 10.0 Å². The maximum absolute atomic E-state index is 12.5. The van der Waals surface area contributed by atoms with E-state index < -0.39 is 30.7 Å². The number of carbonyl (C=O) groups is 1. The molecule has 0 fully saturated rings. The maximum atomic E-state index is 12.5. The monoisotopic (exact) mass is 470 g/mol. The molecule has 0 heterocycles. The molecule has 1 aromatic carbocycles. The molecule has 1 rings (SSSR count). The zero-order valence-corrected chi connectivity index (χ0v) is 20.1. The van der Waals surface area contributed by atoms with Gasteiger partial charge in [-0.1, -0.05) is 25.6 Å². The molecule has 28 heavy (non-hydrogen) atoms. The van der Waals surface area contributed by atoms with Crippen molar-refractivity contribution in [2.75, 3.05) is 12.8 Å². The van der Waals surface area contributed by atoms with Crippen LogP contribution in [0.3, 0.4) is 0 Å². The maximum Gasteiger partial charge on any atom is 0.339 e. The molecule has 0 unspecified atom stereocenters. The topological polar surface area (TPSA) is 105 Å². The normalized spacial score (nSPS) is 12.8. The fourth-order valence-corrected chi connectivity index (χ4v) is 3.79. The van der Waals surface area contributed by atoms with Crippen LogP contribution >= 0.6 is 15.9 Å². The predicted molar refractivity (Wildman–Crippen MR) is 116 cm³/mol. The number of benzene rings is 1. The Labute approximate surface area is 175 Å². The quantitative estimate of drug-likeness (QED) is 0.173. The lowest BCUT2D eigenvalue weighted by molar-refractivity contribution is -0.384. The number of rotatable bonds is 4. The third-order valence-electron chi connectivity index (χ3n) is 3.63. The molecule has 1 atom stereocenters. The van der Waals surface area contributed by atoms with Gasteiger partial charge in [0.05, 0.1) is 23.2 Å². The van der Waals surface area contributed by atoms with Crippen molar-refractivity contribution in [2.45, 2.75) is 59.0 Å². The molecule has 0 aliphatic rings. The second-order valence-corrected chi connectivity index (χ2v) is 13.9. The van der Waals surface area contributed by atoms with E-state index in [1.807, 2.05) is 19.6 Å². The lowest BCUT2D eigenvalue weighted by Crippen LogP contribution is -2.29. The first-order valence-electron chi connectivity index (χ1n) is 8.65. The summed E-state index contributed by atoms with van der Waals surface area (Å²) >= 11 is 3.46. The summed E-state index contributed by atoms with van der Waals surface area (Å²) in [7, 11) is -0.547. The number of nitrogens with two attached hydrogens (primary N) is 1. The molecule has 0 aliphatic carbocycles. The molecule has 9 heteroatoms. The summed E-state index contributed by atoms with van der Waals surface area (Å²) in [5.74, 6) is 2.32. The summed E-state index contributed by atoms with van der Waals surface area (Å²) < 4.78 is 11.2.